The lowest BCUT2D eigenvalue weighted by Crippen LogP contribution is -2.44. The van der Waals surface area contributed by atoms with Crippen molar-refractivity contribution < 1.29 is 0 Å². The van der Waals surface area contributed by atoms with Gasteiger partial charge in [-0.25, -0.2) is 4.98 Å². The number of alkyl halides is 1. The van der Waals surface area contributed by atoms with Gasteiger partial charge in [-0.2, -0.15) is 0 Å². The predicted molar refractivity (Wildman–Crippen MR) is 73.7 cm³/mol. The fraction of sp³-hybridized carbons (Fsp3) is 0.750. The van der Waals surface area contributed by atoms with Crippen molar-refractivity contribution in [3.8, 4) is 0 Å². The monoisotopic (exact) mass is 273 g/mol. The lowest BCUT2D eigenvalue weighted by atomic mass is 10.1. The predicted octanol–water partition coefficient (Wildman–Crippen LogP) is 2.41. The van der Waals surface area contributed by atoms with E-state index in [2.05, 4.69) is 34.3 Å². The van der Waals surface area contributed by atoms with Gasteiger partial charge in [0.1, 0.15) is 5.01 Å². The molecule has 5 heteroatoms. The largest absolute Gasteiger partial charge is 0.305 e. The number of halogens is 1. The summed E-state index contributed by atoms with van der Waals surface area (Å²) in [6.45, 7) is 3.33. The molecule has 0 N–H and O–H groups in total. The normalized spacial score (nSPS) is 22.2. The van der Waals surface area contributed by atoms with Crippen LogP contribution in [0.25, 0.3) is 0 Å². The molecule has 1 aliphatic heterocycles. The van der Waals surface area contributed by atoms with Crippen LogP contribution in [0.1, 0.15) is 23.5 Å². The summed E-state index contributed by atoms with van der Waals surface area (Å²) in [5, 5.41) is 3.26. The molecule has 0 saturated carbocycles. The molecule has 0 spiro atoms. The smallest absolute Gasteiger partial charge is 0.107 e. The number of piperidine rings is 1. The summed E-state index contributed by atoms with van der Waals surface area (Å²) in [7, 11) is 4.34. The van der Waals surface area contributed by atoms with Gasteiger partial charge in [-0.15, -0.1) is 22.9 Å². The molecule has 0 bridgehead atoms. The molecule has 0 aliphatic carbocycles. The Labute approximate surface area is 112 Å². The molecular weight excluding hydrogens is 254 g/mol. The Morgan fingerprint density at radius 3 is 3.06 bits per heavy atom. The van der Waals surface area contributed by atoms with Gasteiger partial charge in [-0.3, -0.25) is 4.90 Å². The number of aromatic nitrogens is 1. The third kappa shape index (κ3) is 3.65. The van der Waals surface area contributed by atoms with Gasteiger partial charge < -0.3 is 4.90 Å². The van der Waals surface area contributed by atoms with Gasteiger partial charge >= 0.3 is 0 Å². The van der Waals surface area contributed by atoms with Crippen LogP contribution in [0.3, 0.4) is 0 Å². The number of likely N-dealkylation sites (tertiary alicyclic amines) is 1. The van der Waals surface area contributed by atoms with Gasteiger partial charge in [0.15, 0.2) is 0 Å². The van der Waals surface area contributed by atoms with E-state index in [-0.39, 0.29) is 0 Å². The SMILES string of the molecule is CN(C)C1CCCN(Cc2nc(CCl)cs2)C1. The molecule has 1 unspecified atom stereocenters. The Bertz CT molecular complexity index is 353. The standard InChI is InChI=1S/C12H20ClN3S/c1-15(2)11-4-3-5-16(7-11)8-12-14-10(6-13)9-17-12/h9,11H,3-8H2,1-2H3. The van der Waals surface area contributed by atoms with Gasteiger partial charge in [-0.05, 0) is 33.5 Å². The molecule has 0 amide bonds. The van der Waals surface area contributed by atoms with Crippen LogP contribution in [0.2, 0.25) is 0 Å². The summed E-state index contributed by atoms with van der Waals surface area (Å²) < 4.78 is 0. The first kappa shape index (κ1) is 13.3. The van der Waals surface area contributed by atoms with E-state index >= 15 is 0 Å². The van der Waals surface area contributed by atoms with Crippen LogP contribution < -0.4 is 0 Å². The molecule has 1 aromatic heterocycles. The van der Waals surface area contributed by atoms with E-state index in [1.165, 1.54) is 24.4 Å². The summed E-state index contributed by atoms with van der Waals surface area (Å²) in [6, 6.07) is 0.691. The van der Waals surface area contributed by atoms with Gasteiger partial charge in [0.25, 0.3) is 0 Å². The molecule has 0 radical (unpaired) electrons. The van der Waals surface area contributed by atoms with Crippen molar-refractivity contribution >= 4 is 22.9 Å². The molecule has 1 fully saturated rings. The maximum atomic E-state index is 5.77. The fourth-order valence-electron chi connectivity index (χ4n) is 2.27. The van der Waals surface area contributed by atoms with E-state index in [0.717, 1.165) is 18.8 Å². The lowest BCUT2D eigenvalue weighted by molar-refractivity contribution is 0.128. The second-order valence-corrected chi connectivity index (χ2v) is 6.07. The van der Waals surface area contributed by atoms with Crippen LogP contribution in [0, 0.1) is 0 Å². The van der Waals surface area contributed by atoms with Crippen LogP contribution in [0.5, 0.6) is 0 Å². The first-order chi connectivity index (χ1) is 8.19. The number of rotatable bonds is 4. The molecule has 2 heterocycles. The number of thiazole rings is 1. The Morgan fingerprint density at radius 2 is 2.41 bits per heavy atom. The maximum Gasteiger partial charge on any atom is 0.107 e. The Morgan fingerprint density at radius 1 is 1.59 bits per heavy atom. The highest BCUT2D eigenvalue weighted by atomic mass is 35.5. The molecule has 2 rings (SSSR count). The summed E-state index contributed by atoms with van der Waals surface area (Å²) in [5.74, 6) is 0.525. The lowest BCUT2D eigenvalue weighted by Gasteiger charge is -2.35. The average molecular weight is 274 g/mol. The van der Waals surface area contributed by atoms with E-state index in [1.807, 2.05) is 0 Å². The highest BCUT2D eigenvalue weighted by Crippen LogP contribution is 2.18. The molecule has 1 atom stereocenters. The number of hydrogen-bond donors (Lipinski definition) is 0. The van der Waals surface area contributed by atoms with Crippen LogP contribution in [0.4, 0.5) is 0 Å². The van der Waals surface area contributed by atoms with Crippen molar-refractivity contribution in [3.63, 3.8) is 0 Å². The zero-order valence-electron chi connectivity index (χ0n) is 10.5. The van der Waals surface area contributed by atoms with Crippen LogP contribution >= 0.6 is 22.9 Å². The van der Waals surface area contributed by atoms with Crippen molar-refractivity contribution in [2.24, 2.45) is 0 Å². The zero-order chi connectivity index (χ0) is 12.3. The summed E-state index contributed by atoms with van der Waals surface area (Å²) in [4.78, 5) is 9.36. The van der Waals surface area contributed by atoms with Gasteiger partial charge in [-0.1, -0.05) is 0 Å². The molecule has 0 aromatic carbocycles. The minimum absolute atomic E-state index is 0.525. The van der Waals surface area contributed by atoms with Crippen LogP contribution in [-0.4, -0.2) is 48.0 Å². The molecule has 1 aromatic rings. The van der Waals surface area contributed by atoms with E-state index in [9.17, 15) is 0 Å². The average Bonchev–Trinajstić information content (AvgIpc) is 2.77. The number of nitrogens with zero attached hydrogens (tertiary/aromatic N) is 3. The van der Waals surface area contributed by atoms with Crippen LogP contribution in [-0.2, 0) is 12.4 Å². The second kappa shape index (κ2) is 6.14. The number of hydrogen-bond acceptors (Lipinski definition) is 4. The second-order valence-electron chi connectivity index (χ2n) is 4.86. The van der Waals surface area contributed by atoms with Crippen LogP contribution in [0.15, 0.2) is 5.38 Å². The first-order valence-electron chi connectivity index (χ1n) is 6.07. The topological polar surface area (TPSA) is 19.4 Å². The molecule has 1 saturated heterocycles. The van der Waals surface area contributed by atoms with Crippen molar-refractivity contribution in [1.29, 1.82) is 0 Å². The van der Waals surface area contributed by atoms with Gasteiger partial charge in [0, 0.05) is 18.0 Å². The summed E-state index contributed by atoms with van der Waals surface area (Å²) >= 11 is 7.50. The highest BCUT2D eigenvalue weighted by molar-refractivity contribution is 7.09. The van der Waals surface area contributed by atoms with Crippen molar-refractivity contribution in [2.45, 2.75) is 31.3 Å². The fourth-order valence-corrected chi connectivity index (χ4v) is 3.33. The first-order valence-corrected chi connectivity index (χ1v) is 7.48. The van der Waals surface area contributed by atoms with Crippen molar-refractivity contribution in [2.75, 3.05) is 27.2 Å². The third-order valence-corrected chi connectivity index (χ3v) is 4.46. The highest BCUT2D eigenvalue weighted by Gasteiger charge is 2.21. The van der Waals surface area contributed by atoms with E-state index in [0.29, 0.717) is 11.9 Å². The summed E-state index contributed by atoms with van der Waals surface area (Å²) in [5.41, 5.74) is 1.01. The third-order valence-electron chi connectivity index (χ3n) is 3.31. The van der Waals surface area contributed by atoms with E-state index in [4.69, 9.17) is 11.6 Å². The number of likely N-dealkylation sites (N-methyl/N-ethyl adjacent to an activating group) is 1. The van der Waals surface area contributed by atoms with Gasteiger partial charge in [0.05, 0.1) is 18.1 Å². The molecule has 3 nitrogen and oxygen atoms in total. The van der Waals surface area contributed by atoms with E-state index < -0.39 is 0 Å². The van der Waals surface area contributed by atoms with Crippen molar-refractivity contribution in [1.82, 2.24) is 14.8 Å². The zero-order valence-corrected chi connectivity index (χ0v) is 12.1. The Hall–Kier alpha value is -0.160. The maximum absolute atomic E-state index is 5.77. The van der Waals surface area contributed by atoms with Crippen molar-refractivity contribution in [3.05, 3.63) is 16.1 Å². The van der Waals surface area contributed by atoms with Gasteiger partial charge in [0.2, 0.25) is 0 Å². The minimum Gasteiger partial charge on any atom is -0.305 e. The minimum atomic E-state index is 0.525. The van der Waals surface area contributed by atoms with E-state index in [1.54, 1.807) is 11.3 Å². The molecule has 17 heavy (non-hydrogen) atoms. The summed E-state index contributed by atoms with van der Waals surface area (Å²) in [6.07, 6.45) is 2.60. The Balaban J connectivity index is 1.90. The molecule has 96 valence electrons. The quantitative estimate of drug-likeness (QED) is 0.786. The Kier molecular flexibility index (Phi) is 4.79. The molecular formula is C12H20ClN3S. The molecule has 1 aliphatic rings.